The summed E-state index contributed by atoms with van der Waals surface area (Å²) >= 11 is 0. The molecule has 1 aliphatic rings. The van der Waals surface area contributed by atoms with Crippen LogP contribution in [0.2, 0.25) is 0 Å². The molecule has 3 nitrogen and oxygen atoms in total. The Bertz CT molecular complexity index is 482. The lowest BCUT2D eigenvalue weighted by atomic mass is 9.82. The molecule has 20 heavy (non-hydrogen) atoms. The second-order valence-corrected chi connectivity index (χ2v) is 5.67. The second-order valence-electron chi connectivity index (χ2n) is 5.67. The van der Waals surface area contributed by atoms with Crippen LogP contribution < -0.4 is 5.32 Å². The molecule has 110 valence electrons. The van der Waals surface area contributed by atoms with Gasteiger partial charge in [0.2, 0.25) is 0 Å². The fourth-order valence-electron chi connectivity index (χ4n) is 3.17. The zero-order valence-electron chi connectivity index (χ0n) is 12.5. The van der Waals surface area contributed by atoms with Gasteiger partial charge in [-0.2, -0.15) is 0 Å². The van der Waals surface area contributed by atoms with E-state index in [4.69, 9.17) is 5.11 Å². The largest absolute Gasteiger partial charge is 0.465 e. The fraction of sp³-hybridized carbons (Fsp3) is 0.588. The minimum absolute atomic E-state index is 0.0249. The van der Waals surface area contributed by atoms with Gasteiger partial charge >= 0.3 is 6.09 Å². The Kier molecular flexibility index (Phi) is 5.05. The lowest BCUT2D eigenvalue weighted by molar-refractivity contribution is 0.188. The fourth-order valence-corrected chi connectivity index (χ4v) is 3.17. The molecule has 0 saturated carbocycles. The number of nitrogens with one attached hydrogen (secondary N) is 1. The third kappa shape index (κ3) is 3.33. The first-order chi connectivity index (χ1) is 9.65. The van der Waals surface area contributed by atoms with Crippen LogP contribution in [-0.2, 0) is 19.3 Å². The lowest BCUT2D eigenvalue weighted by Gasteiger charge is -2.28. The van der Waals surface area contributed by atoms with E-state index in [0.29, 0.717) is 0 Å². The molecule has 1 aromatic rings. The van der Waals surface area contributed by atoms with Gasteiger partial charge in [-0.05, 0) is 60.8 Å². The molecule has 0 aliphatic heterocycles. The number of fused-ring (bicyclic) bond motifs is 1. The Morgan fingerprint density at radius 3 is 2.85 bits per heavy atom. The number of unbranched alkanes of at least 4 members (excludes halogenated alkanes) is 1. The first-order valence-electron chi connectivity index (χ1n) is 7.79. The molecule has 0 bridgehead atoms. The van der Waals surface area contributed by atoms with Crippen LogP contribution in [0.5, 0.6) is 0 Å². The summed E-state index contributed by atoms with van der Waals surface area (Å²) in [6, 6.07) is 4.52. The summed E-state index contributed by atoms with van der Waals surface area (Å²) in [5.74, 6) is 0. The van der Waals surface area contributed by atoms with Gasteiger partial charge in [0.1, 0.15) is 0 Å². The molecular weight excluding hydrogens is 250 g/mol. The number of carbonyl (C=O) groups is 1. The maximum absolute atomic E-state index is 11.0. The van der Waals surface area contributed by atoms with Crippen LogP contribution in [0.4, 0.5) is 4.79 Å². The number of carboxylic acid groups (broad SMARTS) is 1. The Labute approximate surface area is 121 Å². The van der Waals surface area contributed by atoms with Crippen LogP contribution in [-0.4, -0.2) is 11.2 Å². The summed E-state index contributed by atoms with van der Waals surface area (Å²) in [6.45, 7) is 4.37. The highest BCUT2D eigenvalue weighted by Gasteiger charge is 2.24. The summed E-state index contributed by atoms with van der Waals surface area (Å²) in [7, 11) is 0. The smallest absolute Gasteiger partial charge is 0.405 e. The first-order valence-corrected chi connectivity index (χ1v) is 7.79. The molecule has 2 N–H and O–H groups in total. The SMILES string of the molecule is CCCCc1cc(CC)cc2c1CCC[C@@H]2NC(=O)O. The van der Waals surface area contributed by atoms with Crippen LogP contribution >= 0.6 is 0 Å². The quantitative estimate of drug-likeness (QED) is 0.844. The molecule has 0 spiro atoms. The maximum atomic E-state index is 11.0. The minimum Gasteiger partial charge on any atom is -0.465 e. The molecule has 0 heterocycles. The number of rotatable bonds is 5. The lowest BCUT2D eigenvalue weighted by Crippen LogP contribution is -2.30. The van der Waals surface area contributed by atoms with E-state index >= 15 is 0 Å². The Balaban J connectivity index is 2.38. The molecular formula is C17H25NO2. The summed E-state index contributed by atoms with van der Waals surface area (Å²) in [5, 5.41) is 11.7. The summed E-state index contributed by atoms with van der Waals surface area (Å²) in [6.07, 6.45) is 6.69. The number of benzene rings is 1. The molecule has 0 saturated heterocycles. The minimum atomic E-state index is -0.917. The van der Waals surface area contributed by atoms with Crippen LogP contribution in [0.3, 0.4) is 0 Å². The van der Waals surface area contributed by atoms with Gasteiger partial charge in [0.25, 0.3) is 0 Å². The maximum Gasteiger partial charge on any atom is 0.405 e. The van der Waals surface area contributed by atoms with Gasteiger partial charge in [-0.25, -0.2) is 4.79 Å². The van der Waals surface area contributed by atoms with E-state index in [1.807, 2.05) is 0 Å². The predicted octanol–water partition coefficient (Wildman–Crippen LogP) is 4.24. The molecule has 0 radical (unpaired) electrons. The van der Waals surface area contributed by atoms with Gasteiger partial charge in [-0.1, -0.05) is 32.4 Å². The van der Waals surface area contributed by atoms with Crippen molar-refractivity contribution in [2.24, 2.45) is 0 Å². The van der Waals surface area contributed by atoms with Gasteiger partial charge in [-0.15, -0.1) is 0 Å². The first kappa shape index (κ1) is 14.9. The van der Waals surface area contributed by atoms with Crippen molar-refractivity contribution in [3.8, 4) is 0 Å². The van der Waals surface area contributed by atoms with Gasteiger partial charge in [0.15, 0.2) is 0 Å². The van der Waals surface area contributed by atoms with E-state index in [1.165, 1.54) is 35.1 Å². The number of hydrogen-bond donors (Lipinski definition) is 2. The van der Waals surface area contributed by atoms with Gasteiger partial charge < -0.3 is 10.4 Å². The third-order valence-electron chi connectivity index (χ3n) is 4.24. The van der Waals surface area contributed by atoms with E-state index in [2.05, 4.69) is 31.3 Å². The predicted molar refractivity (Wildman–Crippen MR) is 81.3 cm³/mol. The zero-order valence-corrected chi connectivity index (χ0v) is 12.5. The molecule has 2 rings (SSSR count). The Hall–Kier alpha value is -1.51. The van der Waals surface area contributed by atoms with Crippen molar-refractivity contribution in [1.82, 2.24) is 5.32 Å². The van der Waals surface area contributed by atoms with Crippen molar-refractivity contribution in [1.29, 1.82) is 0 Å². The molecule has 0 aromatic heterocycles. The average molecular weight is 275 g/mol. The molecule has 0 fully saturated rings. The van der Waals surface area contributed by atoms with E-state index in [-0.39, 0.29) is 6.04 Å². The molecule has 1 aliphatic carbocycles. The summed E-state index contributed by atoms with van der Waals surface area (Å²) in [5.41, 5.74) is 5.40. The summed E-state index contributed by atoms with van der Waals surface area (Å²) < 4.78 is 0. The van der Waals surface area contributed by atoms with Crippen molar-refractivity contribution in [2.75, 3.05) is 0 Å². The van der Waals surface area contributed by atoms with Crippen molar-refractivity contribution in [3.05, 3.63) is 34.4 Å². The standard InChI is InChI=1S/C17H25NO2/c1-3-5-7-13-10-12(4-2)11-15-14(13)8-6-9-16(15)18-17(19)20/h10-11,16,18H,3-9H2,1-2H3,(H,19,20)/t16-/m0/s1. The molecule has 1 amide bonds. The van der Waals surface area contributed by atoms with E-state index in [1.54, 1.807) is 0 Å². The van der Waals surface area contributed by atoms with Gasteiger partial charge in [0.05, 0.1) is 6.04 Å². The van der Waals surface area contributed by atoms with Crippen molar-refractivity contribution < 1.29 is 9.90 Å². The topological polar surface area (TPSA) is 49.3 Å². The van der Waals surface area contributed by atoms with E-state index in [0.717, 1.165) is 32.1 Å². The van der Waals surface area contributed by atoms with Gasteiger partial charge in [-0.3, -0.25) is 0 Å². The van der Waals surface area contributed by atoms with Gasteiger partial charge in [0, 0.05) is 0 Å². The molecule has 3 heteroatoms. The Morgan fingerprint density at radius 2 is 2.20 bits per heavy atom. The Morgan fingerprint density at radius 1 is 1.40 bits per heavy atom. The zero-order chi connectivity index (χ0) is 14.5. The van der Waals surface area contributed by atoms with Crippen LogP contribution in [0.15, 0.2) is 12.1 Å². The molecule has 0 unspecified atom stereocenters. The number of aryl methyl sites for hydroxylation is 2. The molecule has 1 aromatic carbocycles. The van der Waals surface area contributed by atoms with Crippen molar-refractivity contribution in [2.45, 2.75) is 64.8 Å². The highest BCUT2D eigenvalue weighted by atomic mass is 16.4. The normalized spacial score (nSPS) is 17.6. The number of amides is 1. The molecule has 1 atom stereocenters. The van der Waals surface area contributed by atoms with E-state index < -0.39 is 6.09 Å². The van der Waals surface area contributed by atoms with Crippen molar-refractivity contribution >= 4 is 6.09 Å². The van der Waals surface area contributed by atoms with Crippen LogP contribution in [0, 0.1) is 0 Å². The number of hydrogen-bond acceptors (Lipinski definition) is 1. The summed E-state index contributed by atoms with van der Waals surface area (Å²) in [4.78, 5) is 11.0. The third-order valence-corrected chi connectivity index (χ3v) is 4.24. The van der Waals surface area contributed by atoms with Crippen LogP contribution in [0.25, 0.3) is 0 Å². The second kappa shape index (κ2) is 6.78. The van der Waals surface area contributed by atoms with E-state index in [9.17, 15) is 4.79 Å². The van der Waals surface area contributed by atoms with Crippen LogP contribution in [0.1, 0.15) is 67.8 Å². The highest BCUT2D eigenvalue weighted by Crippen LogP contribution is 2.33. The monoisotopic (exact) mass is 275 g/mol. The highest BCUT2D eigenvalue weighted by molar-refractivity contribution is 5.65. The van der Waals surface area contributed by atoms with Crippen molar-refractivity contribution in [3.63, 3.8) is 0 Å². The average Bonchev–Trinajstić information content (AvgIpc) is 2.44.